The lowest BCUT2D eigenvalue weighted by molar-refractivity contribution is -0.384. The van der Waals surface area contributed by atoms with E-state index in [-0.39, 0.29) is 27.6 Å². The van der Waals surface area contributed by atoms with Crippen LogP contribution < -0.4 is 10.6 Å². The minimum atomic E-state index is -0.839. The van der Waals surface area contributed by atoms with E-state index in [0.717, 1.165) is 6.07 Å². The molecule has 2 N–H and O–H groups in total. The van der Waals surface area contributed by atoms with E-state index in [1.807, 2.05) is 0 Å². The fraction of sp³-hybridized carbons (Fsp3) is 0.0455. The molecule has 32 heavy (non-hydrogen) atoms. The number of hydrogen-bond donors (Lipinski definition) is 2. The highest BCUT2D eigenvalue weighted by Crippen LogP contribution is 2.26. The van der Waals surface area contributed by atoms with Crippen LogP contribution in [0.1, 0.15) is 20.7 Å². The van der Waals surface area contributed by atoms with Crippen molar-refractivity contribution in [3.63, 3.8) is 0 Å². The van der Waals surface area contributed by atoms with E-state index < -0.39 is 29.3 Å². The number of nitro benzene ring substituents is 1. The van der Waals surface area contributed by atoms with Crippen molar-refractivity contribution < 1.29 is 24.0 Å². The molecule has 0 fully saturated rings. The number of ether oxygens (including phenoxy) is 1. The molecule has 0 spiro atoms. The molecule has 0 aliphatic rings. The molecule has 0 bridgehead atoms. The van der Waals surface area contributed by atoms with Gasteiger partial charge in [-0.1, -0.05) is 41.9 Å². The van der Waals surface area contributed by atoms with Crippen LogP contribution in [0, 0.1) is 10.1 Å². The van der Waals surface area contributed by atoms with Gasteiger partial charge >= 0.3 is 5.97 Å². The average Bonchev–Trinajstić information content (AvgIpc) is 2.79. The summed E-state index contributed by atoms with van der Waals surface area (Å²) >= 11 is 5.94. The van der Waals surface area contributed by atoms with Gasteiger partial charge < -0.3 is 15.4 Å². The van der Waals surface area contributed by atoms with Crippen molar-refractivity contribution >= 4 is 46.4 Å². The first kappa shape index (κ1) is 22.4. The van der Waals surface area contributed by atoms with Crippen molar-refractivity contribution in [2.24, 2.45) is 0 Å². The lowest BCUT2D eigenvalue weighted by Crippen LogP contribution is -2.22. The summed E-state index contributed by atoms with van der Waals surface area (Å²) in [5.41, 5.74) is 0.428. The molecule has 0 saturated heterocycles. The van der Waals surface area contributed by atoms with Gasteiger partial charge in [0, 0.05) is 17.7 Å². The standard InChI is InChI=1S/C22H16ClN3O6/c23-17-11-10-15(26(30)31)12-19(17)24-20(27)13-32-22(29)16-8-4-5-9-18(16)25-21(28)14-6-2-1-3-7-14/h1-12H,13H2,(H,24,27)(H,25,28). The number of halogens is 1. The van der Waals surface area contributed by atoms with Crippen LogP contribution in [0.25, 0.3) is 0 Å². The Kier molecular flexibility index (Phi) is 7.14. The highest BCUT2D eigenvalue weighted by molar-refractivity contribution is 6.33. The number of nitrogens with one attached hydrogen (secondary N) is 2. The molecule has 0 unspecified atom stereocenters. The fourth-order valence-corrected chi connectivity index (χ4v) is 2.84. The number of non-ortho nitro benzene ring substituents is 1. The highest BCUT2D eigenvalue weighted by Gasteiger charge is 2.17. The lowest BCUT2D eigenvalue weighted by atomic mass is 10.1. The number of para-hydroxylation sites is 1. The molecule has 0 saturated carbocycles. The zero-order chi connectivity index (χ0) is 23.1. The van der Waals surface area contributed by atoms with Crippen LogP contribution in [0.5, 0.6) is 0 Å². The Morgan fingerprint density at radius 2 is 1.59 bits per heavy atom. The third-order valence-corrected chi connectivity index (χ3v) is 4.53. The zero-order valence-electron chi connectivity index (χ0n) is 16.4. The Bertz CT molecular complexity index is 1180. The second kappa shape index (κ2) is 10.2. The van der Waals surface area contributed by atoms with Crippen LogP contribution in [0.2, 0.25) is 5.02 Å². The van der Waals surface area contributed by atoms with Crippen molar-refractivity contribution in [3.8, 4) is 0 Å². The molecule has 162 valence electrons. The third-order valence-electron chi connectivity index (χ3n) is 4.20. The van der Waals surface area contributed by atoms with Gasteiger partial charge in [-0.15, -0.1) is 0 Å². The quantitative estimate of drug-likeness (QED) is 0.312. The first-order valence-corrected chi connectivity index (χ1v) is 9.59. The first-order valence-electron chi connectivity index (χ1n) is 9.21. The van der Waals surface area contributed by atoms with E-state index in [0.29, 0.717) is 5.56 Å². The highest BCUT2D eigenvalue weighted by atomic mass is 35.5. The molecule has 0 aliphatic heterocycles. The van der Waals surface area contributed by atoms with Crippen LogP contribution >= 0.6 is 11.6 Å². The summed E-state index contributed by atoms with van der Waals surface area (Å²) in [6.45, 7) is -0.668. The van der Waals surface area contributed by atoms with Gasteiger partial charge in [0.1, 0.15) is 0 Å². The number of esters is 1. The summed E-state index contributed by atoms with van der Waals surface area (Å²) in [6, 6.07) is 18.2. The van der Waals surface area contributed by atoms with Crippen LogP contribution in [-0.4, -0.2) is 29.3 Å². The van der Waals surface area contributed by atoms with Crippen molar-refractivity contribution in [2.75, 3.05) is 17.2 Å². The summed E-state index contributed by atoms with van der Waals surface area (Å²) < 4.78 is 5.03. The molecule has 3 rings (SSSR count). The predicted molar refractivity (Wildman–Crippen MR) is 118 cm³/mol. The Balaban J connectivity index is 1.64. The number of nitrogens with zero attached hydrogens (tertiary/aromatic N) is 1. The molecule has 3 aromatic rings. The predicted octanol–water partition coefficient (Wildman–Crippen LogP) is 4.30. The smallest absolute Gasteiger partial charge is 0.340 e. The number of rotatable bonds is 7. The minimum absolute atomic E-state index is 0.0115. The van der Waals surface area contributed by atoms with Crippen molar-refractivity contribution in [1.29, 1.82) is 0 Å². The maximum atomic E-state index is 12.5. The number of benzene rings is 3. The molecule has 10 heteroatoms. The molecule has 0 heterocycles. The summed E-state index contributed by atoms with van der Waals surface area (Å²) in [5, 5.41) is 16.0. The molecule has 3 aromatic carbocycles. The van der Waals surface area contributed by atoms with E-state index in [2.05, 4.69) is 10.6 Å². The Hall–Kier alpha value is -4.24. The van der Waals surface area contributed by atoms with E-state index in [1.165, 1.54) is 24.3 Å². The van der Waals surface area contributed by atoms with E-state index >= 15 is 0 Å². The summed E-state index contributed by atoms with van der Waals surface area (Å²) in [7, 11) is 0. The summed E-state index contributed by atoms with van der Waals surface area (Å²) in [4.78, 5) is 47.2. The maximum Gasteiger partial charge on any atom is 0.340 e. The van der Waals surface area contributed by atoms with E-state index in [4.69, 9.17) is 16.3 Å². The Morgan fingerprint density at radius 1 is 0.906 bits per heavy atom. The van der Waals surface area contributed by atoms with Gasteiger partial charge in [-0.05, 0) is 30.3 Å². The monoisotopic (exact) mass is 453 g/mol. The molecule has 9 nitrogen and oxygen atoms in total. The van der Waals surface area contributed by atoms with Crippen LogP contribution in [0.15, 0.2) is 72.8 Å². The topological polar surface area (TPSA) is 128 Å². The van der Waals surface area contributed by atoms with Crippen molar-refractivity contribution in [1.82, 2.24) is 0 Å². The molecular formula is C22H16ClN3O6. The fourth-order valence-electron chi connectivity index (χ4n) is 2.67. The maximum absolute atomic E-state index is 12.5. The number of amides is 2. The number of carbonyl (C=O) groups excluding carboxylic acids is 3. The van der Waals surface area contributed by atoms with Gasteiger partial charge in [0.15, 0.2) is 6.61 Å². The van der Waals surface area contributed by atoms with Gasteiger partial charge in [-0.3, -0.25) is 19.7 Å². The normalized spacial score (nSPS) is 10.2. The molecule has 0 radical (unpaired) electrons. The molecule has 0 atom stereocenters. The molecule has 0 aliphatic carbocycles. The summed E-state index contributed by atoms with van der Waals surface area (Å²) in [6.07, 6.45) is 0. The van der Waals surface area contributed by atoms with E-state index in [1.54, 1.807) is 42.5 Å². The van der Waals surface area contributed by atoms with Crippen LogP contribution in [0.4, 0.5) is 17.1 Å². The second-order valence-corrected chi connectivity index (χ2v) is 6.82. The lowest BCUT2D eigenvalue weighted by Gasteiger charge is -2.11. The second-order valence-electron chi connectivity index (χ2n) is 6.41. The number of anilines is 2. The van der Waals surface area contributed by atoms with Crippen molar-refractivity contribution in [2.45, 2.75) is 0 Å². The molecule has 0 aromatic heterocycles. The van der Waals surface area contributed by atoms with Crippen molar-refractivity contribution in [3.05, 3.63) is 99.1 Å². The van der Waals surface area contributed by atoms with E-state index in [9.17, 15) is 24.5 Å². The Labute approximate surface area is 187 Å². The first-order chi connectivity index (χ1) is 15.3. The summed E-state index contributed by atoms with van der Waals surface area (Å²) in [5.74, 6) is -2.00. The largest absolute Gasteiger partial charge is 0.452 e. The third kappa shape index (κ3) is 5.67. The zero-order valence-corrected chi connectivity index (χ0v) is 17.2. The van der Waals surface area contributed by atoms with Gasteiger partial charge in [0.25, 0.3) is 17.5 Å². The van der Waals surface area contributed by atoms with Crippen LogP contribution in [0.3, 0.4) is 0 Å². The van der Waals surface area contributed by atoms with Gasteiger partial charge in [0.05, 0.1) is 26.9 Å². The molecular weight excluding hydrogens is 438 g/mol. The average molecular weight is 454 g/mol. The van der Waals surface area contributed by atoms with Gasteiger partial charge in [0.2, 0.25) is 0 Å². The van der Waals surface area contributed by atoms with Gasteiger partial charge in [-0.2, -0.15) is 0 Å². The number of nitro groups is 1. The number of hydrogen-bond acceptors (Lipinski definition) is 6. The molecule has 2 amide bonds. The Morgan fingerprint density at radius 3 is 2.31 bits per heavy atom. The minimum Gasteiger partial charge on any atom is -0.452 e. The number of carbonyl (C=O) groups is 3. The SMILES string of the molecule is O=C(COC(=O)c1ccccc1NC(=O)c1ccccc1)Nc1cc([N+](=O)[O-])ccc1Cl. The van der Waals surface area contributed by atoms with Crippen LogP contribution in [-0.2, 0) is 9.53 Å². The van der Waals surface area contributed by atoms with Gasteiger partial charge in [-0.25, -0.2) is 4.79 Å².